The van der Waals surface area contributed by atoms with Gasteiger partial charge in [-0.1, -0.05) is 42.5 Å². The summed E-state index contributed by atoms with van der Waals surface area (Å²) >= 11 is 0. The van der Waals surface area contributed by atoms with Crippen molar-refractivity contribution < 1.29 is 22.4 Å². The molecule has 0 saturated heterocycles. The Balaban J connectivity index is 1.79. The van der Waals surface area contributed by atoms with Crippen LogP contribution in [0.3, 0.4) is 0 Å². The lowest BCUT2D eigenvalue weighted by atomic mass is 10.1. The zero-order valence-corrected chi connectivity index (χ0v) is 13.0. The van der Waals surface area contributed by atoms with E-state index in [1.54, 1.807) is 36.4 Å². The third-order valence-electron chi connectivity index (χ3n) is 3.56. The lowest BCUT2D eigenvalue weighted by molar-refractivity contribution is -0.137. The van der Waals surface area contributed by atoms with E-state index in [2.05, 4.69) is 0 Å². The smallest absolute Gasteiger partial charge is 0.416 e. The molecule has 5 heteroatoms. The lowest BCUT2D eigenvalue weighted by Gasteiger charge is -2.07. The molecule has 0 fully saturated rings. The van der Waals surface area contributed by atoms with Crippen LogP contribution < -0.4 is 0 Å². The topological polar surface area (TPSA) is 30.2 Å². The van der Waals surface area contributed by atoms with Gasteiger partial charge in [-0.2, -0.15) is 13.2 Å². The van der Waals surface area contributed by atoms with Gasteiger partial charge in [0.05, 0.1) is 5.56 Å². The molecule has 1 heterocycles. The molecule has 0 aliphatic carbocycles. The number of carbonyl (C=O) groups is 1. The number of rotatable bonds is 4. The van der Waals surface area contributed by atoms with Gasteiger partial charge in [0.25, 0.3) is 0 Å². The summed E-state index contributed by atoms with van der Waals surface area (Å²) in [4.78, 5) is 12.0. The highest BCUT2D eigenvalue weighted by Gasteiger charge is 2.30. The Bertz CT molecular complexity index is 906. The van der Waals surface area contributed by atoms with Crippen molar-refractivity contribution in [2.45, 2.75) is 6.18 Å². The van der Waals surface area contributed by atoms with Crippen molar-refractivity contribution in [3.8, 4) is 11.3 Å². The van der Waals surface area contributed by atoms with E-state index in [9.17, 15) is 18.0 Å². The maximum Gasteiger partial charge on any atom is 0.416 e. The Morgan fingerprint density at radius 1 is 0.920 bits per heavy atom. The summed E-state index contributed by atoms with van der Waals surface area (Å²) in [6.07, 6.45) is -1.55. The van der Waals surface area contributed by atoms with Gasteiger partial charge in [-0.25, -0.2) is 0 Å². The summed E-state index contributed by atoms with van der Waals surface area (Å²) in [7, 11) is 0. The summed E-state index contributed by atoms with van der Waals surface area (Å²) in [5, 5.41) is 0. The van der Waals surface area contributed by atoms with Crippen molar-refractivity contribution in [2.24, 2.45) is 0 Å². The van der Waals surface area contributed by atoms with Gasteiger partial charge in [0.1, 0.15) is 11.5 Å². The zero-order valence-electron chi connectivity index (χ0n) is 13.0. The van der Waals surface area contributed by atoms with E-state index in [1.165, 1.54) is 24.3 Å². The quantitative estimate of drug-likeness (QED) is 0.439. The minimum absolute atomic E-state index is 0.183. The zero-order chi connectivity index (χ0) is 17.9. The molecule has 0 spiro atoms. The second-order valence-corrected chi connectivity index (χ2v) is 5.34. The molecule has 0 aliphatic rings. The first-order chi connectivity index (χ1) is 11.9. The fourth-order valence-corrected chi connectivity index (χ4v) is 2.30. The maximum absolute atomic E-state index is 12.8. The van der Waals surface area contributed by atoms with E-state index in [0.29, 0.717) is 22.6 Å². The van der Waals surface area contributed by atoms with Gasteiger partial charge in [-0.3, -0.25) is 4.79 Å². The molecule has 0 amide bonds. The molecule has 3 rings (SSSR count). The molecule has 25 heavy (non-hydrogen) atoms. The average Bonchev–Trinajstić information content (AvgIpc) is 3.09. The largest absolute Gasteiger partial charge is 0.457 e. The van der Waals surface area contributed by atoms with Crippen LogP contribution in [0, 0.1) is 0 Å². The molecule has 0 atom stereocenters. The number of furan rings is 1. The highest BCUT2D eigenvalue weighted by molar-refractivity contribution is 6.06. The monoisotopic (exact) mass is 342 g/mol. The minimum Gasteiger partial charge on any atom is -0.457 e. The van der Waals surface area contributed by atoms with Crippen molar-refractivity contribution in [1.82, 2.24) is 0 Å². The van der Waals surface area contributed by atoms with Crippen LogP contribution in [0.5, 0.6) is 0 Å². The van der Waals surface area contributed by atoms with Crippen molar-refractivity contribution in [1.29, 1.82) is 0 Å². The molecule has 1 aromatic heterocycles. The number of ketones is 1. The van der Waals surface area contributed by atoms with Crippen molar-refractivity contribution >= 4 is 11.9 Å². The molecule has 3 aromatic rings. The minimum atomic E-state index is -4.41. The molecule has 0 bridgehead atoms. The molecular formula is C20H13F3O2. The van der Waals surface area contributed by atoms with Crippen LogP contribution in [0.1, 0.15) is 21.7 Å². The van der Waals surface area contributed by atoms with Crippen LogP contribution in [0.2, 0.25) is 0 Å². The highest BCUT2D eigenvalue weighted by atomic mass is 19.4. The predicted octanol–water partition coefficient (Wildman–Crippen LogP) is 5.86. The van der Waals surface area contributed by atoms with Crippen LogP contribution >= 0.6 is 0 Å². The van der Waals surface area contributed by atoms with Crippen molar-refractivity contribution in [3.05, 3.63) is 89.7 Å². The van der Waals surface area contributed by atoms with E-state index in [0.717, 1.165) is 12.1 Å². The van der Waals surface area contributed by atoms with Gasteiger partial charge in [0, 0.05) is 11.1 Å². The highest BCUT2D eigenvalue weighted by Crippen LogP contribution is 2.32. The van der Waals surface area contributed by atoms with Crippen LogP contribution in [0.4, 0.5) is 13.2 Å². The van der Waals surface area contributed by atoms with Crippen LogP contribution in [0.25, 0.3) is 17.4 Å². The molecule has 2 nitrogen and oxygen atoms in total. The summed E-state index contributed by atoms with van der Waals surface area (Å²) in [5.74, 6) is 0.507. The van der Waals surface area contributed by atoms with Crippen LogP contribution in [0.15, 0.2) is 77.2 Å². The second kappa shape index (κ2) is 6.81. The molecule has 2 aromatic carbocycles. The summed E-state index contributed by atoms with van der Waals surface area (Å²) in [6, 6.07) is 16.8. The fraction of sp³-hybridized carbons (Fsp3) is 0.0500. The van der Waals surface area contributed by atoms with Crippen molar-refractivity contribution in [3.63, 3.8) is 0 Å². The average molecular weight is 342 g/mol. The first-order valence-electron chi connectivity index (χ1n) is 7.48. The number of allylic oxidation sites excluding steroid dienone is 1. The molecular weight excluding hydrogens is 329 g/mol. The van der Waals surface area contributed by atoms with Crippen molar-refractivity contribution in [2.75, 3.05) is 0 Å². The van der Waals surface area contributed by atoms with E-state index >= 15 is 0 Å². The van der Waals surface area contributed by atoms with Gasteiger partial charge in [-0.05, 0) is 36.4 Å². The Kier molecular flexibility index (Phi) is 4.57. The number of alkyl halides is 3. The number of hydrogen-bond acceptors (Lipinski definition) is 2. The third-order valence-corrected chi connectivity index (χ3v) is 3.56. The molecule has 0 aliphatic heterocycles. The van der Waals surface area contributed by atoms with Gasteiger partial charge in [0.15, 0.2) is 5.78 Å². The predicted molar refractivity (Wildman–Crippen MR) is 89.0 cm³/mol. The molecule has 126 valence electrons. The van der Waals surface area contributed by atoms with E-state index < -0.39 is 11.7 Å². The lowest BCUT2D eigenvalue weighted by Crippen LogP contribution is -2.04. The normalized spacial score (nSPS) is 11.8. The van der Waals surface area contributed by atoms with Gasteiger partial charge < -0.3 is 4.42 Å². The van der Waals surface area contributed by atoms with Crippen LogP contribution in [-0.4, -0.2) is 5.78 Å². The summed E-state index contributed by atoms with van der Waals surface area (Å²) < 4.78 is 43.9. The Hall–Kier alpha value is -3.08. The number of benzene rings is 2. The molecule has 0 radical (unpaired) electrons. The fourth-order valence-electron chi connectivity index (χ4n) is 2.30. The number of carbonyl (C=O) groups excluding carboxylic acids is 1. The first-order valence-corrected chi connectivity index (χ1v) is 7.48. The summed E-state index contributed by atoms with van der Waals surface area (Å²) in [6.45, 7) is 0. The number of halogens is 3. The SMILES string of the molecule is O=C(C=Cc1ccc(-c2cccc(C(F)(F)F)c2)o1)c1ccccc1. The molecule has 0 N–H and O–H groups in total. The molecule has 0 unspecified atom stereocenters. The van der Waals surface area contributed by atoms with E-state index in [1.807, 2.05) is 6.07 Å². The van der Waals surface area contributed by atoms with E-state index in [-0.39, 0.29) is 5.78 Å². The first kappa shape index (κ1) is 16.8. The Labute approximate surface area is 142 Å². The Morgan fingerprint density at radius 2 is 1.68 bits per heavy atom. The second-order valence-electron chi connectivity index (χ2n) is 5.34. The maximum atomic E-state index is 12.8. The van der Waals surface area contributed by atoms with Crippen LogP contribution in [-0.2, 0) is 6.18 Å². The van der Waals surface area contributed by atoms with Gasteiger partial charge in [-0.15, -0.1) is 0 Å². The van der Waals surface area contributed by atoms with E-state index in [4.69, 9.17) is 4.42 Å². The summed E-state index contributed by atoms with van der Waals surface area (Å²) in [5.41, 5.74) is 0.130. The van der Waals surface area contributed by atoms with Gasteiger partial charge >= 0.3 is 6.18 Å². The van der Waals surface area contributed by atoms with Gasteiger partial charge in [0.2, 0.25) is 0 Å². The number of hydrogen-bond donors (Lipinski definition) is 0. The third kappa shape index (κ3) is 4.07. The standard InChI is InChI=1S/C20H13F3O2/c21-20(22,23)16-8-4-7-15(13-16)19-12-10-17(25-19)9-11-18(24)14-5-2-1-3-6-14/h1-13H. The Morgan fingerprint density at radius 3 is 2.40 bits per heavy atom. The molecule has 0 saturated carbocycles.